The highest BCUT2D eigenvalue weighted by atomic mass is 35.5. The van der Waals surface area contributed by atoms with E-state index < -0.39 is 40.1 Å². The maximum atomic E-state index is 13.0. The summed E-state index contributed by atoms with van der Waals surface area (Å²) in [5.74, 6) is -2.99. The van der Waals surface area contributed by atoms with E-state index in [2.05, 4.69) is 15.4 Å². The largest absolute Gasteiger partial charge is 0.573 e. The summed E-state index contributed by atoms with van der Waals surface area (Å²) in [6.07, 6.45) is -4.84. The van der Waals surface area contributed by atoms with E-state index >= 15 is 0 Å². The fourth-order valence-corrected chi connectivity index (χ4v) is 5.33. The van der Waals surface area contributed by atoms with E-state index in [4.69, 9.17) is 58.0 Å². The number of ether oxygens (including phenoxy) is 1. The van der Waals surface area contributed by atoms with Crippen molar-refractivity contribution in [3.63, 3.8) is 0 Å². The molecule has 4 rings (SSSR count). The second-order valence-corrected chi connectivity index (χ2v) is 10.8. The van der Waals surface area contributed by atoms with Crippen molar-refractivity contribution in [2.75, 3.05) is 10.6 Å². The van der Waals surface area contributed by atoms with E-state index in [0.29, 0.717) is 15.6 Å². The molecule has 2 N–H and O–H groups in total. The van der Waals surface area contributed by atoms with Gasteiger partial charge in [0.05, 0.1) is 16.5 Å². The van der Waals surface area contributed by atoms with Gasteiger partial charge in [0.1, 0.15) is 10.1 Å². The Morgan fingerprint density at radius 3 is 2.03 bits per heavy atom. The smallest absolute Gasteiger partial charge is 0.406 e. The molecule has 1 aliphatic carbocycles. The summed E-state index contributed by atoms with van der Waals surface area (Å²) in [4.78, 5) is 25.7. The molecule has 2 atom stereocenters. The fraction of sp³-hybridized carbons (Fsp3) is 0.167. The van der Waals surface area contributed by atoms with Crippen LogP contribution in [0.25, 0.3) is 0 Å². The predicted octanol–water partition coefficient (Wildman–Crippen LogP) is 8.32. The zero-order chi connectivity index (χ0) is 27.1. The quantitative estimate of drug-likeness (QED) is 0.275. The van der Waals surface area contributed by atoms with Crippen molar-refractivity contribution >= 4 is 81.2 Å². The molecule has 1 aliphatic rings. The van der Waals surface area contributed by atoms with Gasteiger partial charge in [-0.3, -0.25) is 9.59 Å². The van der Waals surface area contributed by atoms with E-state index in [9.17, 15) is 22.8 Å². The molecule has 3 aromatic rings. The van der Waals surface area contributed by atoms with Gasteiger partial charge in [-0.05, 0) is 66.2 Å². The molecule has 37 heavy (non-hydrogen) atoms. The third kappa shape index (κ3) is 6.56. The lowest BCUT2D eigenvalue weighted by Gasteiger charge is -2.12. The van der Waals surface area contributed by atoms with Gasteiger partial charge in [-0.2, -0.15) is 0 Å². The lowest BCUT2D eigenvalue weighted by atomic mass is 10.1. The molecular formula is C24H14Cl5F3N2O3. The normalized spacial score (nSPS) is 18.2. The van der Waals surface area contributed by atoms with Crippen molar-refractivity contribution in [2.24, 2.45) is 5.92 Å². The zero-order valence-electron chi connectivity index (χ0n) is 18.2. The molecule has 13 heteroatoms. The number of nitrogens with one attached hydrogen (secondary N) is 2. The molecule has 5 nitrogen and oxygen atoms in total. The first-order valence-electron chi connectivity index (χ1n) is 10.4. The number of rotatable bonds is 6. The monoisotopic (exact) mass is 610 g/mol. The van der Waals surface area contributed by atoms with Gasteiger partial charge in [0.15, 0.2) is 0 Å². The Hall–Kier alpha value is -2.36. The number of carbonyl (C=O) groups is 2. The van der Waals surface area contributed by atoms with Crippen LogP contribution < -0.4 is 15.4 Å². The van der Waals surface area contributed by atoms with E-state index in [1.807, 2.05) is 0 Å². The van der Waals surface area contributed by atoms with Crippen LogP contribution in [0.2, 0.25) is 15.1 Å². The molecule has 0 unspecified atom stereocenters. The predicted molar refractivity (Wildman–Crippen MR) is 138 cm³/mol. The summed E-state index contributed by atoms with van der Waals surface area (Å²) in [7, 11) is 0. The summed E-state index contributed by atoms with van der Waals surface area (Å²) in [5.41, 5.74) is 1.05. The lowest BCUT2D eigenvalue weighted by molar-refractivity contribution is -0.274. The lowest BCUT2D eigenvalue weighted by Crippen LogP contribution is -2.18. The minimum atomic E-state index is -4.84. The van der Waals surface area contributed by atoms with Crippen molar-refractivity contribution < 1.29 is 27.5 Å². The maximum absolute atomic E-state index is 13.0. The summed E-state index contributed by atoms with van der Waals surface area (Å²) in [6.45, 7) is 0. The molecule has 3 aromatic carbocycles. The Morgan fingerprint density at radius 1 is 0.838 bits per heavy atom. The molecular weight excluding hydrogens is 599 g/mol. The minimum absolute atomic E-state index is 0.00654. The van der Waals surface area contributed by atoms with E-state index in [1.165, 1.54) is 30.3 Å². The second kappa shape index (κ2) is 10.4. The summed E-state index contributed by atoms with van der Waals surface area (Å²) in [6, 6.07) is 13.6. The average molecular weight is 613 g/mol. The van der Waals surface area contributed by atoms with Gasteiger partial charge < -0.3 is 15.4 Å². The van der Waals surface area contributed by atoms with Crippen molar-refractivity contribution in [3.8, 4) is 5.75 Å². The van der Waals surface area contributed by atoms with Crippen LogP contribution in [0.4, 0.5) is 24.5 Å². The highest BCUT2D eigenvalue weighted by Crippen LogP contribution is 2.65. The molecule has 0 saturated heterocycles. The highest BCUT2D eigenvalue weighted by Gasteiger charge is 2.67. The van der Waals surface area contributed by atoms with Crippen molar-refractivity contribution in [3.05, 3.63) is 86.9 Å². The fourth-order valence-electron chi connectivity index (χ4n) is 3.76. The Kier molecular flexibility index (Phi) is 7.79. The molecule has 2 amide bonds. The average Bonchev–Trinajstić information content (AvgIpc) is 3.37. The van der Waals surface area contributed by atoms with Crippen LogP contribution in [0.1, 0.15) is 21.8 Å². The highest BCUT2D eigenvalue weighted by molar-refractivity contribution is 6.53. The summed E-state index contributed by atoms with van der Waals surface area (Å²) in [5, 5.41) is 6.00. The molecule has 0 heterocycles. The molecule has 1 fully saturated rings. The molecule has 0 aromatic heterocycles. The number of alkyl halides is 5. The van der Waals surface area contributed by atoms with Gasteiger partial charge in [-0.15, -0.1) is 36.4 Å². The number of halogens is 8. The maximum Gasteiger partial charge on any atom is 0.573 e. The van der Waals surface area contributed by atoms with Gasteiger partial charge in [-0.25, -0.2) is 0 Å². The van der Waals surface area contributed by atoms with Crippen molar-refractivity contribution in [1.82, 2.24) is 0 Å². The summed E-state index contributed by atoms with van der Waals surface area (Å²) >= 11 is 31.0. The molecule has 0 spiro atoms. The van der Waals surface area contributed by atoms with Crippen LogP contribution in [0.3, 0.4) is 0 Å². The second-order valence-electron chi connectivity index (χ2n) is 8.04. The van der Waals surface area contributed by atoms with Crippen LogP contribution in [0.15, 0.2) is 60.7 Å². The van der Waals surface area contributed by atoms with Gasteiger partial charge in [0.25, 0.3) is 5.91 Å². The van der Waals surface area contributed by atoms with Gasteiger partial charge in [-0.1, -0.05) is 34.8 Å². The first-order valence-corrected chi connectivity index (χ1v) is 12.2. The van der Waals surface area contributed by atoms with Gasteiger partial charge in [0, 0.05) is 27.3 Å². The number of benzene rings is 3. The zero-order valence-corrected chi connectivity index (χ0v) is 22.0. The van der Waals surface area contributed by atoms with Crippen molar-refractivity contribution in [1.29, 1.82) is 0 Å². The third-order valence-electron chi connectivity index (χ3n) is 5.40. The Morgan fingerprint density at radius 2 is 1.43 bits per heavy atom. The topological polar surface area (TPSA) is 67.4 Å². The van der Waals surface area contributed by atoms with E-state index in [1.54, 1.807) is 18.2 Å². The number of hydrogen-bond acceptors (Lipinski definition) is 3. The van der Waals surface area contributed by atoms with Crippen LogP contribution in [-0.4, -0.2) is 22.5 Å². The van der Waals surface area contributed by atoms with Crippen molar-refractivity contribution in [2.45, 2.75) is 16.6 Å². The Labute approximate surface area is 233 Å². The standard InChI is InChI=1S/C24H14Cl5F3N2O3/c25-12-7-11(8-13(26)9-12)19-20(23(19,28)29)22(36)34-15-3-6-18(27)17(10-15)21(35)33-14-1-4-16(5-2-14)37-24(30,31)32/h1-10,19-20H,(H,33,35)(H,34,36)/t19-,20+/m1/s1. The number of carbonyl (C=O) groups excluding carboxylic acids is 2. The Bertz CT molecular complexity index is 1350. The van der Waals surface area contributed by atoms with E-state index in [0.717, 1.165) is 12.1 Å². The number of hydrogen-bond donors (Lipinski definition) is 2. The molecule has 0 radical (unpaired) electrons. The molecule has 1 saturated carbocycles. The van der Waals surface area contributed by atoms with Gasteiger partial charge >= 0.3 is 6.36 Å². The first-order chi connectivity index (χ1) is 17.2. The third-order valence-corrected chi connectivity index (χ3v) is 7.11. The SMILES string of the molecule is O=C(Nc1ccc(OC(F)(F)F)cc1)c1cc(NC(=O)[C@@H]2[C@@H](c3cc(Cl)cc(Cl)c3)C2(Cl)Cl)ccc1Cl. The molecule has 194 valence electrons. The molecule has 0 aliphatic heterocycles. The summed E-state index contributed by atoms with van der Waals surface area (Å²) < 4.78 is 39.4. The number of amides is 2. The Balaban J connectivity index is 1.46. The van der Waals surface area contributed by atoms with Crippen LogP contribution in [0, 0.1) is 5.92 Å². The van der Waals surface area contributed by atoms with Crippen LogP contribution in [0.5, 0.6) is 5.75 Å². The first kappa shape index (κ1) is 27.7. The minimum Gasteiger partial charge on any atom is -0.406 e. The van der Waals surface area contributed by atoms with Gasteiger partial charge in [0.2, 0.25) is 5.91 Å². The number of anilines is 2. The van der Waals surface area contributed by atoms with Crippen LogP contribution in [-0.2, 0) is 4.79 Å². The van der Waals surface area contributed by atoms with Crippen LogP contribution >= 0.6 is 58.0 Å². The van der Waals surface area contributed by atoms with E-state index in [-0.39, 0.29) is 22.0 Å². The molecule has 0 bridgehead atoms.